The number of aromatic amines is 1. The summed E-state index contributed by atoms with van der Waals surface area (Å²) in [6, 6.07) is 9.22. The highest BCUT2D eigenvalue weighted by atomic mass is 16.1. The van der Waals surface area contributed by atoms with E-state index in [0.29, 0.717) is 11.5 Å². The number of aromatic nitrogens is 4. The lowest BCUT2D eigenvalue weighted by atomic mass is 9.97. The van der Waals surface area contributed by atoms with E-state index in [0.717, 1.165) is 10.9 Å². The van der Waals surface area contributed by atoms with E-state index in [2.05, 4.69) is 20.2 Å². The van der Waals surface area contributed by atoms with Gasteiger partial charge in [-0.3, -0.25) is 9.89 Å². The SMILES string of the molecule is NC(=O)C(c1ccccc1)c1ncc2c[nH]nc2n1. The average Bonchev–Trinajstić information content (AvgIpc) is 2.87. The smallest absolute Gasteiger partial charge is 0.232 e. The first-order chi connectivity index (χ1) is 9.25. The monoisotopic (exact) mass is 253 g/mol. The summed E-state index contributed by atoms with van der Waals surface area (Å²) in [6.45, 7) is 0. The third-order valence-corrected chi connectivity index (χ3v) is 2.88. The van der Waals surface area contributed by atoms with Crippen LogP contribution in [0.2, 0.25) is 0 Å². The first kappa shape index (κ1) is 11.3. The third-order valence-electron chi connectivity index (χ3n) is 2.88. The molecule has 1 amide bonds. The largest absolute Gasteiger partial charge is 0.369 e. The van der Waals surface area contributed by atoms with Gasteiger partial charge in [0, 0.05) is 12.4 Å². The number of amides is 1. The van der Waals surface area contributed by atoms with Crippen LogP contribution < -0.4 is 5.73 Å². The second kappa shape index (κ2) is 4.49. The normalized spacial score (nSPS) is 12.4. The van der Waals surface area contributed by atoms with E-state index in [4.69, 9.17) is 5.73 Å². The van der Waals surface area contributed by atoms with Crippen LogP contribution in [0.25, 0.3) is 11.0 Å². The number of benzene rings is 1. The quantitative estimate of drug-likeness (QED) is 0.726. The fraction of sp³-hybridized carbons (Fsp3) is 0.0769. The van der Waals surface area contributed by atoms with Crippen LogP contribution in [-0.4, -0.2) is 26.1 Å². The van der Waals surface area contributed by atoms with Gasteiger partial charge in [-0.2, -0.15) is 5.10 Å². The fourth-order valence-electron chi connectivity index (χ4n) is 1.97. The van der Waals surface area contributed by atoms with Crippen molar-refractivity contribution in [3.63, 3.8) is 0 Å². The molecule has 0 aliphatic carbocycles. The number of nitrogens with zero attached hydrogens (tertiary/aromatic N) is 3. The van der Waals surface area contributed by atoms with Crippen LogP contribution in [0.4, 0.5) is 0 Å². The number of carbonyl (C=O) groups excluding carboxylic acids is 1. The van der Waals surface area contributed by atoms with Gasteiger partial charge >= 0.3 is 0 Å². The molecular weight excluding hydrogens is 242 g/mol. The second-order valence-electron chi connectivity index (χ2n) is 4.14. The Kier molecular flexibility index (Phi) is 2.68. The molecule has 94 valence electrons. The molecule has 0 bridgehead atoms. The topological polar surface area (TPSA) is 97.6 Å². The summed E-state index contributed by atoms with van der Waals surface area (Å²) >= 11 is 0. The summed E-state index contributed by atoms with van der Waals surface area (Å²) in [5, 5.41) is 7.48. The first-order valence-corrected chi connectivity index (χ1v) is 5.76. The summed E-state index contributed by atoms with van der Waals surface area (Å²) in [7, 11) is 0. The lowest BCUT2D eigenvalue weighted by molar-refractivity contribution is -0.118. The first-order valence-electron chi connectivity index (χ1n) is 5.76. The Morgan fingerprint density at radius 3 is 2.79 bits per heavy atom. The molecule has 0 aliphatic rings. The van der Waals surface area contributed by atoms with Gasteiger partial charge in [-0.25, -0.2) is 9.97 Å². The number of H-pyrrole nitrogens is 1. The lowest BCUT2D eigenvalue weighted by Gasteiger charge is -2.11. The van der Waals surface area contributed by atoms with Gasteiger partial charge < -0.3 is 5.73 Å². The van der Waals surface area contributed by atoms with Crippen molar-refractivity contribution < 1.29 is 4.79 Å². The number of primary amides is 1. The number of rotatable bonds is 3. The highest BCUT2D eigenvalue weighted by Crippen LogP contribution is 2.22. The molecular formula is C13H11N5O. The molecule has 0 fully saturated rings. The van der Waals surface area contributed by atoms with Gasteiger partial charge in [-0.15, -0.1) is 0 Å². The van der Waals surface area contributed by atoms with Crippen molar-refractivity contribution in [1.29, 1.82) is 0 Å². The molecule has 0 saturated carbocycles. The highest BCUT2D eigenvalue weighted by Gasteiger charge is 2.23. The molecule has 19 heavy (non-hydrogen) atoms. The Hall–Kier alpha value is -2.76. The van der Waals surface area contributed by atoms with Crippen LogP contribution >= 0.6 is 0 Å². The van der Waals surface area contributed by atoms with Gasteiger partial charge in [0.05, 0.1) is 5.39 Å². The maximum atomic E-state index is 11.7. The van der Waals surface area contributed by atoms with Crippen molar-refractivity contribution in [2.45, 2.75) is 5.92 Å². The summed E-state index contributed by atoms with van der Waals surface area (Å²) in [6.07, 6.45) is 3.32. The standard InChI is InChI=1S/C13H11N5O/c14-11(19)10(8-4-2-1-3-5-8)13-15-6-9-7-16-18-12(9)17-13/h1-7,10H,(H2,14,19)(H,15,16,17,18). The van der Waals surface area contributed by atoms with Crippen LogP contribution in [0, 0.1) is 0 Å². The van der Waals surface area contributed by atoms with Crippen molar-refractivity contribution in [3.8, 4) is 0 Å². The van der Waals surface area contributed by atoms with E-state index in [9.17, 15) is 4.79 Å². The predicted molar refractivity (Wildman–Crippen MR) is 69.2 cm³/mol. The molecule has 0 spiro atoms. The zero-order valence-electron chi connectivity index (χ0n) is 9.95. The van der Waals surface area contributed by atoms with Crippen LogP contribution in [0.5, 0.6) is 0 Å². The van der Waals surface area contributed by atoms with E-state index < -0.39 is 11.8 Å². The average molecular weight is 253 g/mol. The maximum Gasteiger partial charge on any atom is 0.232 e. The van der Waals surface area contributed by atoms with E-state index in [1.807, 2.05) is 30.3 Å². The molecule has 0 radical (unpaired) electrons. The molecule has 3 N–H and O–H groups in total. The van der Waals surface area contributed by atoms with Gasteiger partial charge in [0.2, 0.25) is 5.91 Å². The molecule has 0 aliphatic heterocycles. The van der Waals surface area contributed by atoms with Crippen molar-refractivity contribution in [3.05, 3.63) is 54.1 Å². The van der Waals surface area contributed by atoms with Gasteiger partial charge in [0.15, 0.2) is 5.65 Å². The van der Waals surface area contributed by atoms with Crippen LogP contribution in [0.15, 0.2) is 42.7 Å². The minimum atomic E-state index is -0.665. The molecule has 6 heteroatoms. The molecule has 1 aromatic carbocycles. The van der Waals surface area contributed by atoms with E-state index in [1.54, 1.807) is 12.4 Å². The van der Waals surface area contributed by atoms with E-state index >= 15 is 0 Å². The summed E-state index contributed by atoms with van der Waals surface area (Å²) in [4.78, 5) is 20.2. The Morgan fingerprint density at radius 2 is 2.05 bits per heavy atom. The fourth-order valence-corrected chi connectivity index (χ4v) is 1.97. The molecule has 0 saturated heterocycles. The molecule has 6 nitrogen and oxygen atoms in total. The zero-order valence-corrected chi connectivity index (χ0v) is 9.95. The van der Waals surface area contributed by atoms with E-state index in [-0.39, 0.29) is 0 Å². The lowest BCUT2D eigenvalue weighted by Crippen LogP contribution is -2.24. The van der Waals surface area contributed by atoms with Crippen molar-refractivity contribution in [1.82, 2.24) is 20.2 Å². The predicted octanol–water partition coefficient (Wildman–Crippen LogP) is 0.970. The number of hydrogen-bond donors (Lipinski definition) is 2. The minimum Gasteiger partial charge on any atom is -0.369 e. The van der Waals surface area contributed by atoms with Crippen LogP contribution in [0.1, 0.15) is 17.3 Å². The number of nitrogens with one attached hydrogen (secondary N) is 1. The van der Waals surface area contributed by atoms with Gasteiger partial charge in [-0.05, 0) is 5.56 Å². The molecule has 3 aromatic rings. The number of nitrogens with two attached hydrogens (primary N) is 1. The molecule has 2 aromatic heterocycles. The van der Waals surface area contributed by atoms with Crippen molar-refractivity contribution >= 4 is 16.9 Å². The van der Waals surface area contributed by atoms with Crippen LogP contribution in [0.3, 0.4) is 0 Å². The summed E-state index contributed by atoms with van der Waals surface area (Å²) < 4.78 is 0. The molecule has 1 atom stereocenters. The Morgan fingerprint density at radius 1 is 1.26 bits per heavy atom. The van der Waals surface area contributed by atoms with Gasteiger partial charge in [0.1, 0.15) is 11.7 Å². The molecule has 2 heterocycles. The molecule has 1 unspecified atom stereocenters. The van der Waals surface area contributed by atoms with Crippen molar-refractivity contribution in [2.75, 3.05) is 0 Å². The van der Waals surface area contributed by atoms with Gasteiger partial charge in [0.25, 0.3) is 0 Å². The van der Waals surface area contributed by atoms with Crippen molar-refractivity contribution in [2.24, 2.45) is 5.73 Å². The summed E-state index contributed by atoms with van der Waals surface area (Å²) in [5.74, 6) is -0.790. The Balaban J connectivity index is 2.12. The number of hydrogen-bond acceptors (Lipinski definition) is 4. The highest BCUT2D eigenvalue weighted by molar-refractivity contribution is 5.85. The number of carbonyl (C=O) groups is 1. The molecule has 3 rings (SSSR count). The second-order valence-corrected chi connectivity index (χ2v) is 4.14. The Bertz CT molecular complexity index is 722. The van der Waals surface area contributed by atoms with Crippen LogP contribution in [-0.2, 0) is 4.79 Å². The summed E-state index contributed by atoms with van der Waals surface area (Å²) in [5.41, 5.74) is 6.76. The van der Waals surface area contributed by atoms with Gasteiger partial charge in [-0.1, -0.05) is 30.3 Å². The third kappa shape index (κ3) is 2.03. The number of fused-ring (bicyclic) bond motifs is 1. The maximum absolute atomic E-state index is 11.7. The minimum absolute atomic E-state index is 0.360. The zero-order chi connectivity index (χ0) is 13.2. The Labute approximate surface area is 108 Å². The van der Waals surface area contributed by atoms with E-state index in [1.165, 1.54) is 0 Å².